The van der Waals surface area contributed by atoms with Gasteiger partial charge in [0.25, 0.3) is 11.5 Å². The van der Waals surface area contributed by atoms with Crippen LogP contribution in [0.2, 0.25) is 0 Å². The number of rotatable bonds is 3. The molecular weight excluding hydrogens is 282 g/mol. The first-order valence-corrected chi connectivity index (χ1v) is 6.84. The fraction of sp³-hybridized carbons (Fsp3) is 0.200. The molecule has 0 bridgehead atoms. The lowest BCUT2D eigenvalue weighted by Gasteiger charge is -2.05. The van der Waals surface area contributed by atoms with Gasteiger partial charge in [0, 0.05) is 24.6 Å². The van der Waals surface area contributed by atoms with Gasteiger partial charge in [-0.2, -0.15) is 9.50 Å². The smallest absolute Gasteiger partial charge is 0.279 e. The van der Waals surface area contributed by atoms with Gasteiger partial charge in [0.05, 0.1) is 0 Å². The van der Waals surface area contributed by atoms with Crippen molar-refractivity contribution in [3.8, 4) is 0 Å². The molecule has 2 N–H and O–H groups in total. The maximum Gasteiger partial charge on any atom is 0.279 e. The van der Waals surface area contributed by atoms with E-state index in [1.54, 1.807) is 0 Å². The molecule has 0 spiro atoms. The van der Waals surface area contributed by atoms with Gasteiger partial charge in [0.15, 0.2) is 0 Å². The molecule has 0 aliphatic heterocycles. The molecule has 22 heavy (non-hydrogen) atoms. The quantitative estimate of drug-likeness (QED) is 0.761. The van der Waals surface area contributed by atoms with Gasteiger partial charge < -0.3 is 4.98 Å². The highest BCUT2D eigenvalue weighted by molar-refractivity contribution is 5.86. The summed E-state index contributed by atoms with van der Waals surface area (Å²) in [6, 6.07) is 9.73. The van der Waals surface area contributed by atoms with Gasteiger partial charge in [-0.1, -0.05) is 30.3 Å². The number of carbonyl (C=O) groups excluding carboxylic acids is 1. The van der Waals surface area contributed by atoms with Crippen LogP contribution in [0.4, 0.5) is 5.95 Å². The standard InChI is InChI=1S/C15H15N5O2/c1-9-12(8-11-6-4-3-5-7-11)13(22)20-15(16-9)18-14(19-20)17-10(2)21/h3-7H,8H2,1-2H3,(H2,16,17,18,19,21). The molecule has 0 aliphatic rings. The first kappa shape index (κ1) is 14.0. The Kier molecular flexibility index (Phi) is 3.46. The molecule has 1 amide bonds. The van der Waals surface area contributed by atoms with Crippen LogP contribution in [0, 0.1) is 6.92 Å². The first-order chi connectivity index (χ1) is 10.5. The molecule has 112 valence electrons. The van der Waals surface area contributed by atoms with E-state index in [1.807, 2.05) is 37.3 Å². The molecule has 7 heteroatoms. The minimum atomic E-state index is -0.287. The number of nitrogens with one attached hydrogen (secondary N) is 2. The number of aryl methyl sites for hydroxylation is 1. The molecule has 0 unspecified atom stereocenters. The third-order valence-corrected chi connectivity index (χ3v) is 3.32. The molecule has 2 aromatic heterocycles. The SMILES string of the molecule is CC(=O)Nc1nc2[nH]c(C)c(Cc3ccccc3)c(=O)n2n1. The highest BCUT2D eigenvalue weighted by Gasteiger charge is 2.14. The lowest BCUT2D eigenvalue weighted by atomic mass is 10.1. The van der Waals surface area contributed by atoms with Crippen LogP contribution in [0.5, 0.6) is 0 Å². The van der Waals surface area contributed by atoms with Crippen LogP contribution in [-0.4, -0.2) is 25.5 Å². The molecule has 0 saturated heterocycles. The highest BCUT2D eigenvalue weighted by atomic mass is 16.1. The fourth-order valence-corrected chi connectivity index (χ4v) is 2.28. The Morgan fingerprint density at radius 3 is 2.73 bits per heavy atom. The van der Waals surface area contributed by atoms with E-state index in [2.05, 4.69) is 20.4 Å². The average Bonchev–Trinajstić information content (AvgIpc) is 2.86. The van der Waals surface area contributed by atoms with Crippen LogP contribution in [0.1, 0.15) is 23.7 Å². The third-order valence-electron chi connectivity index (χ3n) is 3.32. The Morgan fingerprint density at radius 2 is 2.05 bits per heavy atom. The number of nitrogens with zero attached hydrogens (tertiary/aromatic N) is 3. The number of hydrogen-bond acceptors (Lipinski definition) is 4. The molecule has 0 aliphatic carbocycles. The maximum atomic E-state index is 12.6. The van der Waals surface area contributed by atoms with Crippen molar-refractivity contribution >= 4 is 17.6 Å². The van der Waals surface area contributed by atoms with Crippen LogP contribution < -0.4 is 10.9 Å². The van der Waals surface area contributed by atoms with Crippen molar-refractivity contribution in [2.45, 2.75) is 20.3 Å². The number of aromatic amines is 1. The van der Waals surface area contributed by atoms with Crippen molar-refractivity contribution in [3.63, 3.8) is 0 Å². The minimum absolute atomic E-state index is 0.108. The van der Waals surface area contributed by atoms with Gasteiger partial charge in [-0.25, -0.2) is 0 Å². The molecule has 3 rings (SSSR count). The molecule has 0 saturated carbocycles. The Labute approximate surface area is 126 Å². The van der Waals surface area contributed by atoms with E-state index in [-0.39, 0.29) is 17.4 Å². The maximum absolute atomic E-state index is 12.6. The molecule has 0 radical (unpaired) electrons. The summed E-state index contributed by atoms with van der Waals surface area (Å²) in [6.07, 6.45) is 0.507. The second-order valence-corrected chi connectivity index (χ2v) is 5.05. The second kappa shape index (κ2) is 5.44. The van der Waals surface area contributed by atoms with E-state index < -0.39 is 0 Å². The predicted octanol–water partition coefficient (Wildman–Crippen LogP) is 1.28. The zero-order valence-electron chi connectivity index (χ0n) is 12.3. The second-order valence-electron chi connectivity index (χ2n) is 5.05. The predicted molar refractivity (Wildman–Crippen MR) is 81.9 cm³/mol. The average molecular weight is 297 g/mol. The molecule has 3 aromatic rings. The summed E-state index contributed by atoms with van der Waals surface area (Å²) in [7, 11) is 0. The lowest BCUT2D eigenvalue weighted by Crippen LogP contribution is -2.22. The Balaban J connectivity index is 2.07. The monoisotopic (exact) mass is 297 g/mol. The van der Waals surface area contributed by atoms with E-state index >= 15 is 0 Å². The van der Waals surface area contributed by atoms with Crippen molar-refractivity contribution in [2.24, 2.45) is 0 Å². The number of benzene rings is 1. The molecule has 2 heterocycles. The van der Waals surface area contributed by atoms with E-state index in [1.165, 1.54) is 11.4 Å². The number of fused-ring (bicyclic) bond motifs is 1. The first-order valence-electron chi connectivity index (χ1n) is 6.84. The van der Waals surface area contributed by atoms with Gasteiger partial charge in [0.1, 0.15) is 0 Å². The van der Waals surface area contributed by atoms with Crippen LogP contribution in [0.15, 0.2) is 35.1 Å². The van der Waals surface area contributed by atoms with E-state index in [4.69, 9.17) is 0 Å². The molecule has 0 atom stereocenters. The fourth-order valence-electron chi connectivity index (χ4n) is 2.28. The summed E-state index contributed by atoms with van der Waals surface area (Å²) in [4.78, 5) is 30.8. The summed E-state index contributed by atoms with van der Waals surface area (Å²) in [5.74, 6) is 0.129. The van der Waals surface area contributed by atoms with Crippen molar-refractivity contribution < 1.29 is 4.79 Å². The van der Waals surface area contributed by atoms with Gasteiger partial charge in [-0.15, -0.1) is 5.10 Å². The summed E-state index contributed by atoms with van der Waals surface area (Å²) in [5, 5.41) is 6.49. The van der Waals surface area contributed by atoms with Crippen molar-refractivity contribution in [1.29, 1.82) is 0 Å². The van der Waals surface area contributed by atoms with Gasteiger partial charge in [-0.3, -0.25) is 14.9 Å². The van der Waals surface area contributed by atoms with Crippen LogP contribution in [0.3, 0.4) is 0 Å². The van der Waals surface area contributed by atoms with E-state index in [0.717, 1.165) is 11.3 Å². The third kappa shape index (κ3) is 2.60. The summed E-state index contributed by atoms with van der Waals surface area (Å²) < 4.78 is 1.18. The largest absolute Gasteiger partial charge is 0.327 e. The topological polar surface area (TPSA) is 92.1 Å². The van der Waals surface area contributed by atoms with Crippen molar-refractivity contribution in [1.82, 2.24) is 19.6 Å². The minimum Gasteiger partial charge on any atom is -0.327 e. The van der Waals surface area contributed by atoms with E-state index in [0.29, 0.717) is 17.8 Å². The molecule has 1 aromatic carbocycles. The van der Waals surface area contributed by atoms with Gasteiger partial charge in [-0.05, 0) is 12.5 Å². The van der Waals surface area contributed by atoms with Crippen molar-refractivity contribution in [2.75, 3.05) is 5.32 Å². The Hall–Kier alpha value is -2.96. The Bertz CT molecular complexity index is 895. The summed E-state index contributed by atoms with van der Waals surface area (Å²) >= 11 is 0. The summed E-state index contributed by atoms with van der Waals surface area (Å²) in [6.45, 7) is 3.19. The van der Waals surface area contributed by atoms with Crippen LogP contribution in [-0.2, 0) is 11.2 Å². The number of aromatic nitrogens is 4. The van der Waals surface area contributed by atoms with Gasteiger partial charge in [0.2, 0.25) is 11.7 Å². The zero-order valence-corrected chi connectivity index (χ0v) is 12.3. The van der Waals surface area contributed by atoms with Gasteiger partial charge >= 0.3 is 0 Å². The summed E-state index contributed by atoms with van der Waals surface area (Å²) in [5.41, 5.74) is 2.16. The number of carbonyl (C=O) groups is 1. The Morgan fingerprint density at radius 1 is 1.32 bits per heavy atom. The lowest BCUT2D eigenvalue weighted by molar-refractivity contribution is -0.114. The molecule has 7 nitrogen and oxygen atoms in total. The van der Waals surface area contributed by atoms with Crippen LogP contribution >= 0.6 is 0 Å². The van der Waals surface area contributed by atoms with Crippen molar-refractivity contribution in [3.05, 3.63) is 57.5 Å². The van der Waals surface area contributed by atoms with E-state index in [9.17, 15) is 9.59 Å². The number of anilines is 1. The van der Waals surface area contributed by atoms with Crippen LogP contribution in [0.25, 0.3) is 5.78 Å². The number of amides is 1. The zero-order chi connectivity index (χ0) is 15.7. The molecular formula is C15H15N5O2. The molecule has 0 fully saturated rings. The normalized spacial score (nSPS) is 10.8. The number of H-pyrrole nitrogens is 1. The number of hydrogen-bond donors (Lipinski definition) is 2. The highest BCUT2D eigenvalue weighted by Crippen LogP contribution is 2.10.